The highest BCUT2D eigenvalue weighted by Gasteiger charge is 2.33. The van der Waals surface area contributed by atoms with Gasteiger partial charge in [0.1, 0.15) is 18.3 Å². The Morgan fingerprint density at radius 3 is 2.26 bits per heavy atom. The number of nitrogens with one attached hydrogen (secondary N) is 1. The average Bonchev–Trinajstić information content (AvgIpc) is 2.95. The maximum absolute atomic E-state index is 13.9. The van der Waals surface area contributed by atoms with E-state index in [-0.39, 0.29) is 33.1 Å². The van der Waals surface area contributed by atoms with Gasteiger partial charge in [0.15, 0.2) is 0 Å². The van der Waals surface area contributed by atoms with E-state index in [1.54, 1.807) is 62.6 Å². The Morgan fingerprint density at radius 1 is 0.974 bits per heavy atom. The Kier molecular flexibility index (Phi) is 10.6. The lowest BCUT2D eigenvalue weighted by Gasteiger charge is -2.32. The monoisotopic (exact) mass is 591 g/mol. The lowest BCUT2D eigenvalue weighted by molar-refractivity contribution is -0.139. The summed E-state index contributed by atoms with van der Waals surface area (Å²) in [6.45, 7) is 3.42. The van der Waals surface area contributed by atoms with Crippen LogP contribution in [0.5, 0.6) is 5.75 Å². The highest BCUT2D eigenvalue weighted by molar-refractivity contribution is 7.92. The Bertz CT molecular complexity index is 1390. The highest BCUT2D eigenvalue weighted by Crippen LogP contribution is 2.35. The molecule has 8 nitrogen and oxygen atoms in total. The summed E-state index contributed by atoms with van der Waals surface area (Å²) in [5, 5.41) is 2.93. The molecule has 0 aliphatic heterocycles. The van der Waals surface area contributed by atoms with Gasteiger partial charge >= 0.3 is 0 Å². The number of carbonyl (C=O) groups is 2. The number of hydrogen-bond acceptors (Lipinski definition) is 5. The molecule has 0 aliphatic rings. The minimum absolute atomic E-state index is 0.0121. The summed E-state index contributed by atoms with van der Waals surface area (Å²) < 4.78 is 33.7. The SMILES string of the molecule is CCCNC(=O)[C@H](C)N(Cc1ccc(OC)cc1)C(=O)CN(c1cccc(Cl)c1Cl)S(=O)(=O)c1ccccc1. The number of nitrogens with zero attached hydrogens (tertiary/aromatic N) is 2. The Labute approximate surface area is 239 Å². The zero-order chi connectivity index (χ0) is 28.6. The lowest BCUT2D eigenvalue weighted by atomic mass is 10.1. The van der Waals surface area contributed by atoms with E-state index >= 15 is 0 Å². The Balaban J connectivity index is 2.04. The van der Waals surface area contributed by atoms with Crippen molar-refractivity contribution in [1.82, 2.24) is 10.2 Å². The number of halogens is 2. The van der Waals surface area contributed by atoms with Crippen LogP contribution in [0.3, 0.4) is 0 Å². The van der Waals surface area contributed by atoms with E-state index < -0.39 is 28.5 Å². The van der Waals surface area contributed by atoms with Crippen molar-refractivity contribution in [2.24, 2.45) is 0 Å². The van der Waals surface area contributed by atoms with Gasteiger partial charge in [-0.2, -0.15) is 0 Å². The normalized spacial score (nSPS) is 11.9. The molecule has 1 N–H and O–H groups in total. The molecule has 0 bridgehead atoms. The summed E-state index contributed by atoms with van der Waals surface area (Å²) in [7, 11) is -2.69. The quantitative estimate of drug-likeness (QED) is 0.314. The van der Waals surface area contributed by atoms with E-state index in [4.69, 9.17) is 27.9 Å². The molecule has 11 heteroatoms. The molecule has 2 amide bonds. The summed E-state index contributed by atoms with van der Waals surface area (Å²) in [6.07, 6.45) is 0.723. The third-order valence-corrected chi connectivity index (χ3v) is 8.62. The minimum atomic E-state index is -4.24. The second kappa shape index (κ2) is 13.7. The van der Waals surface area contributed by atoms with Gasteiger partial charge in [-0.25, -0.2) is 8.42 Å². The summed E-state index contributed by atoms with van der Waals surface area (Å²) in [6, 6.07) is 18.5. The first-order valence-electron chi connectivity index (χ1n) is 12.3. The van der Waals surface area contributed by atoms with Gasteiger partial charge in [0.2, 0.25) is 11.8 Å². The molecule has 0 saturated carbocycles. The van der Waals surface area contributed by atoms with Gasteiger partial charge in [-0.3, -0.25) is 13.9 Å². The summed E-state index contributed by atoms with van der Waals surface area (Å²) in [4.78, 5) is 28.1. The van der Waals surface area contributed by atoms with Crippen molar-refractivity contribution in [3.05, 3.63) is 88.4 Å². The average molecular weight is 593 g/mol. The number of ether oxygens (including phenoxy) is 1. The largest absolute Gasteiger partial charge is 0.497 e. The third-order valence-electron chi connectivity index (χ3n) is 6.04. The number of hydrogen-bond donors (Lipinski definition) is 1. The summed E-state index contributed by atoms with van der Waals surface area (Å²) in [5.41, 5.74) is 0.784. The minimum Gasteiger partial charge on any atom is -0.497 e. The van der Waals surface area contributed by atoms with Crippen LogP contribution in [0.25, 0.3) is 0 Å². The van der Waals surface area contributed by atoms with E-state index in [9.17, 15) is 18.0 Å². The molecule has 0 fully saturated rings. The van der Waals surface area contributed by atoms with Gasteiger partial charge < -0.3 is 15.0 Å². The fraction of sp³-hybridized carbons (Fsp3) is 0.286. The van der Waals surface area contributed by atoms with Gasteiger partial charge in [-0.05, 0) is 55.3 Å². The molecule has 0 aliphatic carbocycles. The smallest absolute Gasteiger partial charge is 0.264 e. The maximum Gasteiger partial charge on any atom is 0.264 e. The molecule has 39 heavy (non-hydrogen) atoms. The van der Waals surface area contributed by atoms with Crippen molar-refractivity contribution in [3.63, 3.8) is 0 Å². The molecule has 3 aromatic rings. The molecule has 0 heterocycles. The van der Waals surface area contributed by atoms with Gasteiger partial charge in [0, 0.05) is 13.1 Å². The van der Waals surface area contributed by atoms with Crippen LogP contribution in [-0.4, -0.2) is 51.4 Å². The number of rotatable bonds is 12. The van der Waals surface area contributed by atoms with Crippen LogP contribution in [0.2, 0.25) is 10.0 Å². The molecule has 0 saturated heterocycles. The molecular weight excluding hydrogens is 561 g/mol. The van der Waals surface area contributed by atoms with E-state index in [1.165, 1.54) is 29.2 Å². The first-order chi connectivity index (χ1) is 18.6. The fourth-order valence-corrected chi connectivity index (χ4v) is 5.72. The predicted molar refractivity (Wildman–Crippen MR) is 154 cm³/mol. The number of amides is 2. The second-order valence-electron chi connectivity index (χ2n) is 8.73. The van der Waals surface area contributed by atoms with Crippen molar-refractivity contribution >= 4 is 50.7 Å². The van der Waals surface area contributed by atoms with Crippen LogP contribution >= 0.6 is 23.2 Å². The molecule has 0 unspecified atom stereocenters. The van der Waals surface area contributed by atoms with Crippen molar-refractivity contribution in [3.8, 4) is 5.75 Å². The Morgan fingerprint density at radius 2 is 1.64 bits per heavy atom. The number of carbonyl (C=O) groups excluding carboxylic acids is 2. The van der Waals surface area contributed by atoms with Crippen LogP contribution in [0.15, 0.2) is 77.7 Å². The zero-order valence-electron chi connectivity index (χ0n) is 21.9. The van der Waals surface area contributed by atoms with Crippen LogP contribution in [-0.2, 0) is 26.2 Å². The number of benzene rings is 3. The molecule has 208 valence electrons. The summed E-state index contributed by atoms with van der Waals surface area (Å²) in [5.74, 6) is -0.307. The van der Waals surface area contributed by atoms with Crippen LogP contribution in [0.1, 0.15) is 25.8 Å². The first kappa shape index (κ1) is 30.3. The Hall–Kier alpha value is -3.27. The van der Waals surface area contributed by atoms with E-state index in [0.29, 0.717) is 12.3 Å². The van der Waals surface area contributed by atoms with Crippen molar-refractivity contribution in [2.45, 2.75) is 37.8 Å². The molecule has 1 atom stereocenters. The first-order valence-corrected chi connectivity index (χ1v) is 14.5. The fourth-order valence-electron chi connectivity index (χ4n) is 3.82. The lowest BCUT2D eigenvalue weighted by Crippen LogP contribution is -2.51. The van der Waals surface area contributed by atoms with Crippen molar-refractivity contribution in [2.75, 3.05) is 24.5 Å². The van der Waals surface area contributed by atoms with Crippen LogP contribution < -0.4 is 14.4 Å². The number of methoxy groups -OCH3 is 1. The maximum atomic E-state index is 13.9. The molecule has 3 aromatic carbocycles. The van der Waals surface area contributed by atoms with E-state index in [0.717, 1.165) is 16.3 Å². The molecule has 0 radical (unpaired) electrons. The van der Waals surface area contributed by atoms with Gasteiger partial charge in [-0.15, -0.1) is 0 Å². The molecular formula is C28H31Cl2N3O5S. The highest BCUT2D eigenvalue weighted by atomic mass is 35.5. The number of sulfonamides is 1. The van der Waals surface area contributed by atoms with Gasteiger partial charge in [-0.1, -0.05) is 66.5 Å². The van der Waals surface area contributed by atoms with Crippen molar-refractivity contribution < 1.29 is 22.7 Å². The zero-order valence-corrected chi connectivity index (χ0v) is 24.3. The second-order valence-corrected chi connectivity index (χ2v) is 11.4. The van der Waals surface area contributed by atoms with Gasteiger partial charge in [0.25, 0.3) is 10.0 Å². The summed E-state index contributed by atoms with van der Waals surface area (Å²) >= 11 is 12.6. The number of anilines is 1. The van der Waals surface area contributed by atoms with Crippen LogP contribution in [0, 0.1) is 0 Å². The standard InChI is InChI=1S/C28H31Cl2N3O5S/c1-4-17-31-28(35)20(2)32(18-21-13-15-22(38-3)16-14-21)26(34)19-33(25-12-8-11-24(29)27(25)30)39(36,37)23-9-6-5-7-10-23/h5-16,20H,4,17-19H2,1-3H3,(H,31,35)/t20-/m0/s1. The topological polar surface area (TPSA) is 96.0 Å². The third kappa shape index (κ3) is 7.44. The molecule has 0 spiro atoms. The van der Waals surface area contributed by atoms with E-state index in [2.05, 4.69) is 5.32 Å². The predicted octanol–water partition coefficient (Wildman–Crippen LogP) is 5.14. The van der Waals surface area contributed by atoms with Crippen molar-refractivity contribution in [1.29, 1.82) is 0 Å². The molecule has 3 rings (SSSR count). The van der Waals surface area contributed by atoms with E-state index in [1.807, 2.05) is 6.92 Å². The van der Waals surface area contributed by atoms with Crippen LogP contribution in [0.4, 0.5) is 5.69 Å². The molecule has 0 aromatic heterocycles. The van der Waals surface area contributed by atoms with Gasteiger partial charge in [0.05, 0.1) is 27.7 Å².